The van der Waals surface area contributed by atoms with Crippen LogP contribution in [0.3, 0.4) is 0 Å². The summed E-state index contributed by atoms with van der Waals surface area (Å²) < 4.78 is 11.3. The number of anilines is 1. The Hall–Kier alpha value is -2.98. The smallest absolute Gasteiger partial charge is 0.161 e. The van der Waals surface area contributed by atoms with Crippen molar-refractivity contribution in [3.8, 4) is 11.5 Å². The van der Waals surface area contributed by atoms with Crippen molar-refractivity contribution in [1.82, 2.24) is 0 Å². The third kappa shape index (κ3) is 5.27. The fourth-order valence-electron chi connectivity index (χ4n) is 2.66. The molecule has 0 bridgehead atoms. The number of aryl methyl sites for hydroxylation is 2. The van der Waals surface area contributed by atoms with Gasteiger partial charge < -0.3 is 9.47 Å². The Balaban J connectivity index is 1.65. The lowest BCUT2D eigenvalue weighted by molar-refractivity contribution is 0.284. The molecule has 3 rings (SSSR count). The molecule has 5 heteroatoms. The highest BCUT2D eigenvalue weighted by molar-refractivity contribution is 6.30. The maximum Gasteiger partial charge on any atom is 0.161 e. The van der Waals surface area contributed by atoms with Crippen molar-refractivity contribution in [1.29, 1.82) is 0 Å². The molecule has 0 heterocycles. The summed E-state index contributed by atoms with van der Waals surface area (Å²) in [4.78, 5) is 0. The van der Waals surface area contributed by atoms with E-state index in [-0.39, 0.29) is 0 Å². The summed E-state index contributed by atoms with van der Waals surface area (Å²) in [6, 6.07) is 19.4. The lowest BCUT2D eigenvalue weighted by Gasteiger charge is -2.11. The first-order valence-electron chi connectivity index (χ1n) is 8.97. The van der Waals surface area contributed by atoms with Crippen LogP contribution in [0, 0.1) is 13.8 Å². The average molecular weight is 395 g/mol. The molecule has 1 N–H and O–H groups in total. The number of hydrazone groups is 1. The second-order valence-corrected chi connectivity index (χ2v) is 6.93. The van der Waals surface area contributed by atoms with Crippen molar-refractivity contribution in [3.05, 3.63) is 87.9 Å². The molecule has 0 saturated carbocycles. The summed E-state index contributed by atoms with van der Waals surface area (Å²) in [7, 11) is 1.62. The van der Waals surface area contributed by atoms with Crippen LogP contribution in [0.2, 0.25) is 5.02 Å². The third-order valence-electron chi connectivity index (χ3n) is 4.39. The van der Waals surface area contributed by atoms with E-state index in [4.69, 9.17) is 21.1 Å². The molecule has 28 heavy (non-hydrogen) atoms. The van der Waals surface area contributed by atoms with E-state index in [1.54, 1.807) is 13.3 Å². The molecule has 0 fully saturated rings. The van der Waals surface area contributed by atoms with Crippen molar-refractivity contribution in [3.63, 3.8) is 0 Å². The summed E-state index contributed by atoms with van der Waals surface area (Å²) in [6.45, 7) is 4.58. The Kier molecular flexibility index (Phi) is 6.56. The Labute approximate surface area is 170 Å². The number of hydrogen-bond donors (Lipinski definition) is 1. The lowest BCUT2D eigenvalue weighted by atomic mass is 10.1. The van der Waals surface area contributed by atoms with Crippen LogP contribution in [0.15, 0.2) is 65.8 Å². The third-order valence-corrected chi connectivity index (χ3v) is 4.62. The minimum atomic E-state index is 0.415. The molecule has 0 saturated heterocycles. The molecule has 0 amide bonds. The van der Waals surface area contributed by atoms with Gasteiger partial charge in [-0.2, -0.15) is 5.10 Å². The predicted octanol–water partition coefficient (Wildman–Crippen LogP) is 5.99. The van der Waals surface area contributed by atoms with Crippen LogP contribution in [-0.2, 0) is 6.61 Å². The van der Waals surface area contributed by atoms with Crippen molar-refractivity contribution in [2.24, 2.45) is 5.10 Å². The normalized spacial score (nSPS) is 10.9. The maximum absolute atomic E-state index is 6.01. The highest BCUT2D eigenvalue weighted by Gasteiger charge is 2.06. The number of benzene rings is 3. The highest BCUT2D eigenvalue weighted by atomic mass is 35.5. The molecular weight excluding hydrogens is 372 g/mol. The number of halogens is 1. The summed E-state index contributed by atoms with van der Waals surface area (Å²) >= 11 is 6.01. The van der Waals surface area contributed by atoms with E-state index in [0.29, 0.717) is 23.1 Å². The van der Waals surface area contributed by atoms with Gasteiger partial charge >= 0.3 is 0 Å². The first kappa shape index (κ1) is 19.8. The number of nitrogens with one attached hydrogen (secondary N) is 1. The molecule has 0 aliphatic rings. The SMILES string of the molecule is COc1cc(/C=N/Nc2ccc(C)c(C)c2)ccc1OCc1cccc(Cl)c1. The fraction of sp³-hybridized carbons (Fsp3) is 0.174. The first-order chi connectivity index (χ1) is 13.5. The molecule has 4 nitrogen and oxygen atoms in total. The Morgan fingerprint density at radius 1 is 0.964 bits per heavy atom. The predicted molar refractivity (Wildman–Crippen MR) is 116 cm³/mol. The lowest BCUT2D eigenvalue weighted by Crippen LogP contribution is -1.99. The maximum atomic E-state index is 6.01. The van der Waals surface area contributed by atoms with Gasteiger partial charge in [0.1, 0.15) is 6.61 Å². The molecule has 0 atom stereocenters. The summed E-state index contributed by atoms with van der Waals surface area (Å²) in [5.74, 6) is 1.32. The molecule has 0 aromatic heterocycles. The van der Waals surface area contributed by atoms with Gasteiger partial charge in [-0.05, 0) is 78.6 Å². The molecular formula is C23H23ClN2O2. The second kappa shape index (κ2) is 9.29. The number of rotatable bonds is 7. The van der Waals surface area contributed by atoms with Crippen LogP contribution in [0.1, 0.15) is 22.3 Å². The Morgan fingerprint density at radius 3 is 2.57 bits per heavy atom. The number of hydrogen-bond acceptors (Lipinski definition) is 4. The van der Waals surface area contributed by atoms with Gasteiger partial charge in [-0.15, -0.1) is 0 Å². The van der Waals surface area contributed by atoms with Crippen molar-refractivity contribution in [2.75, 3.05) is 12.5 Å². The van der Waals surface area contributed by atoms with Crippen LogP contribution < -0.4 is 14.9 Å². The topological polar surface area (TPSA) is 42.8 Å². The zero-order valence-corrected chi connectivity index (χ0v) is 17.0. The van der Waals surface area contributed by atoms with E-state index in [1.165, 1.54) is 11.1 Å². The Bertz CT molecular complexity index is 986. The van der Waals surface area contributed by atoms with Crippen LogP contribution >= 0.6 is 11.6 Å². The van der Waals surface area contributed by atoms with Crippen LogP contribution in [0.25, 0.3) is 0 Å². The average Bonchev–Trinajstić information content (AvgIpc) is 2.69. The molecule has 3 aromatic rings. The number of nitrogens with zero attached hydrogens (tertiary/aromatic N) is 1. The molecule has 0 spiro atoms. The van der Waals surface area contributed by atoms with E-state index in [9.17, 15) is 0 Å². The molecule has 0 aliphatic carbocycles. The van der Waals surface area contributed by atoms with E-state index < -0.39 is 0 Å². The minimum Gasteiger partial charge on any atom is -0.493 e. The molecule has 0 aliphatic heterocycles. The molecule has 3 aromatic carbocycles. The summed E-state index contributed by atoms with van der Waals surface area (Å²) in [5.41, 5.74) is 8.39. The van der Waals surface area contributed by atoms with Crippen molar-refractivity contribution >= 4 is 23.5 Å². The molecule has 144 valence electrons. The second-order valence-electron chi connectivity index (χ2n) is 6.50. The van der Waals surface area contributed by atoms with Gasteiger partial charge in [-0.25, -0.2) is 0 Å². The highest BCUT2D eigenvalue weighted by Crippen LogP contribution is 2.28. The van der Waals surface area contributed by atoms with Crippen LogP contribution in [-0.4, -0.2) is 13.3 Å². The standard InChI is InChI=1S/C23H23ClN2O2/c1-16-7-9-21(11-17(16)2)26-25-14-18-8-10-22(23(13-18)27-3)28-15-19-5-4-6-20(24)12-19/h4-14,26H,15H2,1-3H3/b25-14+. The van der Waals surface area contributed by atoms with Gasteiger partial charge in [0.15, 0.2) is 11.5 Å². The van der Waals surface area contributed by atoms with Crippen LogP contribution in [0.5, 0.6) is 11.5 Å². The first-order valence-corrected chi connectivity index (χ1v) is 9.34. The van der Waals surface area contributed by atoms with Gasteiger partial charge in [-0.3, -0.25) is 5.43 Å². The monoisotopic (exact) mass is 394 g/mol. The fourth-order valence-corrected chi connectivity index (χ4v) is 2.88. The number of ether oxygens (including phenoxy) is 2. The van der Waals surface area contributed by atoms with Gasteiger partial charge in [-0.1, -0.05) is 29.8 Å². The van der Waals surface area contributed by atoms with Crippen molar-refractivity contribution in [2.45, 2.75) is 20.5 Å². The molecule has 0 unspecified atom stereocenters. The molecule has 0 radical (unpaired) electrons. The van der Waals surface area contributed by atoms with Crippen molar-refractivity contribution < 1.29 is 9.47 Å². The van der Waals surface area contributed by atoms with Crippen LogP contribution in [0.4, 0.5) is 5.69 Å². The zero-order valence-electron chi connectivity index (χ0n) is 16.2. The number of methoxy groups -OCH3 is 1. The van der Waals surface area contributed by atoms with E-state index in [2.05, 4.69) is 36.5 Å². The quantitative estimate of drug-likeness (QED) is 0.395. The van der Waals surface area contributed by atoms with Gasteiger partial charge in [0, 0.05) is 5.02 Å². The minimum absolute atomic E-state index is 0.415. The van der Waals surface area contributed by atoms with E-state index in [0.717, 1.165) is 16.8 Å². The summed E-state index contributed by atoms with van der Waals surface area (Å²) in [5, 5.41) is 5.00. The van der Waals surface area contributed by atoms with E-state index >= 15 is 0 Å². The van der Waals surface area contributed by atoms with Gasteiger partial charge in [0.2, 0.25) is 0 Å². The largest absolute Gasteiger partial charge is 0.493 e. The summed E-state index contributed by atoms with van der Waals surface area (Å²) in [6.07, 6.45) is 1.75. The van der Waals surface area contributed by atoms with Gasteiger partial charge in [0.05, 0.1) is 19.0 Å². The van der Waals surface area contributed by atoms with Gasteiger partial charge in [0.25, 0.3) is 0 Å². The zero-order chi connectivity index (χ0) is 19.9. The Morgan fingerprint density at radius 2 is 1.82 bits per heavy atom. The van der Waals surface area contributed by atoms with E-state index in [1.807, 2.05) is 48.5 Å².